The molecule has 3 N–H and O–H groups in total. The van der Waals surface area contributed by atoms with E-state index in [2.05, 4.69) is 4.98 Å². The van der Waals surface area contributed by atoms with E-state index < -0.39 is 0 Å². The van der Waals surface area contributed by atoms with Crippen LogP contribution >= 0.6 is 0 Å². The minimum atomic E-state index is -0.0101. The van der Waals surface area contributed by atoms with E-state index in [0.717, 1.165) is 39.2 Å². The number of hydrogen-bond acceptors (Lipinski definition) is 5. The number of pyridine rings is 2. The Labute approximate surface area is 180 Å². The average molecular weight is 665 g/mol. The molecule has 0 bridgehead atoms. The number of imidazole rings is 1. The molecule has 3 heterocycles. The van der Waals surface area contributed by atoms with Crippen molar-refractivity contribution in [2.75, 3.05) is 5.73 Å². The van der Waals surface area contributed by atoms with Gasteiger partial charge in [0.05, 0.1) is 17.9 Å². The van der Waals surface area contributed by atoms with Gasteiger partial charge in [-0.05, 0) is 42.0 Å². The first-order chi connectivity index (χ1) is 14.7. The van der Waals surface area contributed by atoms with Crippen molar-refractivity contribution < 1.29 is 5.11 Å². The van der Waals surface area contributed by atoms with Crippen molar-refractivity contribution >= 4 is 17.0 Å². The zero-order valence-corrected chi connectivity index (χ0v) is 19.8. The quantitative estimate of drug-likeness (QED) is 0.273. The molecule has 0 saturated heterocycles. The third-order valence-corrected chi connectivity index (χ3v) is 5.03. The molecular weight excluding hydrogens is 643 g/mol. The summed E-state index contributed by atoms with van der Waals surface area (Å²) >= 11 is 0. The average Bonchev–Trinajstić information content (AvgIpc) is 3.18. The molecule has 166 valence electrons. The van der Waals surface area contributed by atoms with Crippen LogP contribution in [0, 0.1) is 7.43 Å². The molecule has 0 spiro atoms. The van der Waals surface area contributed by atoms with Gasteiger partial charge in [-0.2, -0.15) is 0 Å². The summed E-state index contributed by atoms with van der Waals surface area (Å²) in [5, 5.41) is 9.41. The Balaban J connectivity index is 0.00000144. The number of nitrogen functional groups attached to an aromatic ring is 1. The van der Waals surface area contributed by atoms with Crippen molar-refractivity contribution in [3.8, 4) is 28.3 Å². The molecule has 0 radical (unpaired) electrons. The van der Waals surface area contributed by atoms with Crippen LogP contribution in [0.25, 0.3) is 39.5 Å². The minimum absolute atomic E-state index is 0. The van der Waals surface area contributed by atoms with Crippen LogP contribution in [0.5, 0.6) is 0 Å². The van der Waals surface area contributed by atoms with Crippen LogP contribution in [0.3, 0.4) is 0 Å². The summed E-state index contributed by atoms with van der Waals surface area (Å²) in [5.41, 5.74) is 12.0. The van der Waals surface area contributed by atoms with E-state index in [1.807, 2.05) is 83.4 Å². The first kappa shape index (κ1) is 21.7. The summed E-state index contributed by atoms with van der Waals surface area (Å²) in [5.74, 6) is 1.08. The summed E-state index contributed by atoms with van der Waals surface area (Å²) in [4.78, 5) is 14.0. The number of benzene rings is 2. The fourth-order valence-electron chi connectivity index (χ4n) is 3.51. The number of hydrogen-bond donors (Lipinski definition) is 2. The molecule has 0 aliphatic carbocycles. The van der Waals surface area contributed by atoms with Crippen LogP contribution in [0.2, 0.25) is 0 Å². The van der Waals surface area contributed by atoms with E-state index in [-0.39, 0.29) is 14.0 Å². The molecule has 7 heteroatoms. The third kappa shape index (κ3) is 3.62. The normalized spacial score (nSPS) is 10.4. The number of aliphatic hydroxyl groups is 1. The second-order valence-corrected chi connectivity index (χ2v) is 6.94. The summed E-state index contributed by atoms with van der Waals surface area (Å²) in [6.07, 6.45) is 1.66. The molecule has 6 nitrogen and oxygen atoms in total. The van der Waals surface area contributed by atoms with Crippen LogP contribution in [0.4, 0.5) is 5.82 Å². The number of nitrogens with zero attached hydrogens (tertiary/aromatic N) is 4. The summed E-state index contributed by atoms with van der Waals surface area (Å²) in [7, 11) is 0. The zero-order valence-electron chi connectivity index (χ0n) is 17.4. The van der Waals surface area contributed by atoms with Gasteiger partial charge in [-0.3, -0.25) is 4.57 Å². The molecule has 0 atom stereocenters. The molecule has 0 aliphatic rings. The molecule has 0 aliphatic heterocycles. The van der Waals surface area contributed by atoms with E-state index in [1.165, 1.54) is 0 Å². The number of fused-ring (bicyclic) bond motifs is 1. The Bertz CT molecular complexity index is 1330. The Morgan fingerprint density at radius 1 is 0.844 bits per heavy atom. The zero-order chi connectivity index (χ0) is 20.5. The second kappa shape index (κ2) is 8.77. The van der Waals surface area contributed by atoms with Gasteiger partial charge < -0.3 is 18.3 Å². The van der Waals surface area contributed by atoms with E-state index in [1.54, 1.807) is 6.20 Å². The molecule has 32 heavy (non-hydrogen) atoms. The molecule has 5 aromatic rings. The first-order valence-corrected chi connectivity index (χ1v) is 9.60. The first-order valence-electron chi connectivity index (χ1n) is 9.60. The molecule has 0 fully saturated rings. The Kier molecular flexibility index (Phi) is 5.94. The maximum absolute atomic E-state index is 9.41. The largest absolute Gasteiger partial charge is 0.392 e. The molecule has 0 unspecified atom stereocenters. The van der Waals surface area contributed by atoms with Crippen molar-refractivity contribution in [2.24, 2.45) is 0 Å². The SMILES string of the molecule is Nc1ncccc1-c1nc2ccc(-c3ccccc3)nc2n1-c1ccc(CO)cc1.[CH3-].[Fm]. The second-order valence-electron chi connectivity index (χ2n) is 6.94. The number of aromatic nitrogens is 4. The smallest absolute Gasteiger partial charge is 0.165 e. The Morgan fingerprint density at radius 2 is 1.59 bits per heavy atom. The Hall–Kier alpha value is -5.03. The molecule has 5 rings (SSSR count). The maximum atomic E-state index is 9.41. The van der Waals surface area contributed by atoms with E-state index in [4.69, 9.17) is 15.7 Å². The fraction of sp³-hybridized carbons (Fsp3) is 0.0400. The van der Waals surface area contributed by atoms with Gasteiger partial charge >= 0.3 is 0 Å². The summed E-state index contributed by atoms with van der Waals surface area (Å²) < 4.78 is 1.98. The maximum Gasteiger partial charge on any atom is 0.165 e. The number of aliphatic hydroxyl groups excluding tert-OH is 1. The monoisotopic (exact) mass is 665 g/mol. The summed E-state index contributed by atoms with van der Waals surface area (Å²) in [6, 6.07) is 25.4. The van der Waals surface area contributed by atoms with Crippen LogP contribution < -0.4 is 5.73 Å². The molecule has 3 aromatic heterocycles. The standard InChI is InChI=1S/C24H19N5O.CH3.Fm/c25-22-19(7-4-14-26-22)23-28-21-13-12-20(17-5-2-1-3-6-17)27-24(21)29(23)18-10-8-16(15-30)9-11-18;;/h1-14,30H,15H2,(H2,25,26);1H3;/q;-1;. The van der Waals surface area contributed by atoms with Crippen LogP contribution in [0.1, 0.15) is 5.56 Å². The predicted octanol–water partition coefficient (Wildman–Crippen LogP) is 4.67. The summed E-state index contributed by atoms with van der Waals surface area (Å²) in [6.45, 7) is -0.0101. The number of anilines is 1. The molecule has 0 saturated carbocycles. The molecule has 0 amide bonds. The predicted molar refractivity (Wildman–Crippen MR) is 124 cm³/mol. The topological polar surface area (TPSA) is 89.9 Å². The number of rotatable bonds is 4. The third-order valence-electron chi connectivity index (χ3n) is 5.03. The van der Waals surface area contributed by atoms with Gasteiger partial charge in [0.1, 0.15) is 11.3 Å². The van der Waals surface area contributed by atoms with Crippen LogP contribution in [-0.2, 0) is 6.61 Å². The molecule has 2 aromatic carbocycles. The fourth-order valence-corrected chi connectivity index (χ4v) is 3.51. The van der Waals surface area contributed by atoms with Crippen LogP contribution in [0.15, 0.2) is 85.1 Å². The van der Waals surface area contributed by atoms with Crippen LogP contribution in [-0.4, -0.2) is 24.6 Å². The van der Waals surface area contributed by atoms with Gasteiger partial charge in [0.25, 0.3) is 0 Å². The van der Waals surface area contributed by atoms with Gasteiger partial charge in [-0.1, -0.05) is 42.5 Å². The van der Waals surface area contributed by atoms with E-state index >= 15 is 0 Å². The Morgan fingerprint density at radius 3 is 2.28 bits per heavy atom. The van der Waals surface area contributed by atoms with E-state index in [9.17, 15) is 5.11 Å². The van der Waals surface area contributed by atoms with Crippen molar-refractivity contribution in [3.05, 3.63) is 98.0 Å². The van der Waals surface area contributed by atoms with Gasteiger partial charge in [0.2, 0.25) is 0 Å². The van der Waals surface area contributed by atoms with Crippen molar-refractivity contribution in [1.29, 1.82) is 0 Å². The van der Waals surface area contributed by atoms with Gasteiger partial charge in [-0.15, -0.1) is 0 Å². The molecular formula is C25H22FmN5O-. The van der Waals surface area contributed by atoms with Crippen molar-refractivity contribution in [3.63, 3.8) is 0 Å². The number of nitrogens with two attached hydrogens (primary N) is 1. The van der Waals surface area contributed by atoms with E-state index in [0.29, 0.717) is 11.6 Å². The van der Waals surface area contributed by atoms with Gasteiger partial charge in [0.15, 0.2) is 11.5 Å². The minimum Gasteiger partial charge on any atom is -0.392 e. The van der Waals surface area contributed by atoms with Crippen molar-refractivity contribution in [1.82, 2.24) is 19.5 Å². The van der Waals surface area contributed by atoms with Crippen molar-refractivity contribution in [2.45, 2.75) is 6.61 Å². The van der Waals surface area contributed by atoms with Gasteiger partial charge in [0, 0.05) is 17.4 Å². The van der Waals surface area contributed by atoms with Gasteiger partial charge in [-0.25, -0.2) is 15.0 Å².